The van der Waals surface area contributed by atoms with Crippen molar-refractivity contribution in [1.29, 1.82) is 0 Å². The van der Waals surface area contributed by atoms with Crippen LogP contribution in [0.25, 0.3) is 0 Å². The van der Waals surface area contributed by atoms with Gasteiger partial charge in [-0.25, -0.2) is 0 Å². The van der Waals surface area contributed by atoms with E-state index in [2.05, 4.69) is 17.1 Å². The number of nitrogens with one attached hydrogen (secondary N) is 1. The first-order valence-corrected chi connectivity index (χ1v) is 8.36. The van der Waals surface area contributed by atoms with Gasteiger partial charge in [-0.15, -0.1) is 0 Å². The fourth-order valence-electron chi connectivity index (χ4n) is 5.54. The second kappa shape index (κ2) is 4.49. The second-order valence-corrected chi connectivity index (χ2v) is 7.22. The summed E-state index contributed by atoms with van der Waals surface area (Å²) in [5.74, 6) is 4.54. The maximum Gasteiger partial charge on any atom is 0.0164 e. The minimum Gasteiger partial charge on any atom is -0.314 e. The van der Waals surface area contributed by atoms with Crippen molar-refractivity contribution in [2.24, 2.45) is 23.7 Å². The highest BCUT2D eigenvalue weighted by atomic mass is 15.2. The lowest BCUT2D eigenvalue weighted by Gasteiger charge is -2.30. The number of fused-ring (bicyclic) bond motifs is 5. The van der Waals surface area contributed by atoms with Crippen LogP contribution in [0.5, 0.6) is 0 Å². The Labute approximate surface area is 111 Å². The summed E-state index contributed by atoms with van der Waals surface area (Å²) in [6, 6.07) is 1.80. The van der Waals surface area contributed by atoms with Crippen LogP contribution in [0.1, 0.15) is 45.4 Å². The molecule has 5 unspecified atom stereocenters. The molecule has 3 saturated carbocycles. The third-order valence-corrected chi connectivity index (χ3v) is 6.43. The number of nitrogens with zero attached hydrogens (tertiary/aromatic N) is 1. The normalized spacial score (nSPS) is 51.8. The maximum atomic E-state index is 3.70. The summed E-state index contributed by atoms with van der Waals surface area (Å²) < 4.78 is 0. The Kier molecular flexibility index (Phi) is 2.92. The summed E-state index contributed by atoms with van der Waals surface area (Å²) in [5, 5.41) is 3.70. The molecule has 18 heavy (non-hydrogen) atoms. The smallest absolute Gasteiger partial charge is 0.0164 e. The van der Waals surface area contributed by atoms with E-state index >= 15 is 0 Å². The SMILES string of the molecule is CCC1CCN(C2C3C4CCC(C4)C32)CCCN1. The molecule has 2 bridgehead atoms. The Morgan fingerprint density at radius 1 is 1.06 bits per heavy atom. The molecule has 0 aromatic carbocycles. The molecule has 1 aliphatic heterocycles. The molecule has 0 spiro atoms. The van der Waals surface area contributed by atoms with Gasteiger partial charge < -0.3 is 5.32 Å². The molecule has 2 heteroatoms. The molecule has 4 fully saturated rings. The van der Waals surface area contributed by atoms with Crippen molar-refractivity contribution < 1.29 is 0 Å². The monoisotopic (exact) mass is 248 g/mol. The zero-order chi connectivity index (χ0) is 12.1. The van der Waals surface area contributed by atoms with Crippen LogP contribution in [0.15, 0.2) is 0 Å². The van der Waals surface area contributed by atoms with Gasteiger partial charge in [-0.3, -0.25) is 4.90 Å². The first-order valence-electron chi connectivity index (χ1n) is 8.36. The van der Waals surface area contributed by atoms with Gasteiger partial charge in [0.1, 0.15) is 0 Å². The van der Waals surface area contributed by atoms with E-state index in [-0.39, 0.29) is 0 Å². The van der Waals surface area contributed by atoms with E-state index in [1.807, 2.05) is 0 Å². The summed E-state index contributed by atoms with van der Waals surface area (Å²) in [5.41, 5.74) is 0. The van der Waals surface area contributed by atoms with E-state index < -0.39 is 0 Å². The minimum absolute atomic E-state index is 0.781. The van der Waals surface area contributed by atoms with Gasteiger partial charge >= 0.3 is 0 Å². The Morgan fingerprint density at radius 3 is 2.56 bits per heavy atom. The molecule has 0 aromatic heterocycles. The van der Waals surface area contributed by atoms with Crippen molar-refractivity contribution in [3.05, 3.63) is 0 Å². The van der Waals surface area contributed by atoms with E-state index in [9.17, 15) is 0 Å². The number of hydrogen-bond acceptors (Lipinski definition) is 2. The summed E-state index contributed by atoms with van der Waals surface area (Å²) in [6.07, 6.45) is 8.77. The standard InChI is InChI=1S/C16H28N2/c1-2-13-6-9-18(8-3-7-17-13)16-14-11-4-5-12(10-11)15(14)16/h11-17H,2-10H2,1H3. The van der Waals surface area contributed by atoms with E-state index in [4.69, 9.17) is 0 Å². The van der Waals surface area contributed by atoms with Gasteiger partial charge in [0.2, 0.25) is 0 Å². The highest BCUT2D eigenvalue weighted by Crippen LogP contribution is 2.67. The number of hydrogen-bond donors (Lipinski definition) is 1. The third-order valence-electron chi connectivity index (χ3n) is 6.43. The third kappa shape index (κ3) is 1.76. The van der Waals surface area contributed by atoms with E-state index in [0.29, 0.717) is 0 Å². The quantitative estimate of drug-likeness (QED) is 0.808. The van der Waals surface area contributed by atoms with Gasteiger partial charge in [-0.1, -0.05) is 6.92 Å². The minimum atomic E-state index is 0.781. The van der Waals surface area contributed by atoms with Crippen molar-refractivity contribution in [2.75, 3.05) is 19.6 Å². The van der Waals surface area contributed by atoms with Crippen LogP contribution in [-0.2, 0) is 0 Å². The second-order valence-electron chi connectivity index (χ2n) is 7.22. The molecular formula is C16H28N2. The van der Waals surface area contributed by atoms with Gasteiger partial charge in [0, 0.05) is 12.1 Å². The first-order chi connectivity index (χ1) is 8.88. The summed E-state index contributed by atoms with van der Waals surface area (Å²) in [4.78, 5) is 2.89. The molecular weight excluding hydrogens is 220 g/mol. The highest BCUT2D eigenvalue weighted by molar-refractivity contribution is 5.17. The summed E-state index contributed by atoms with van der Waals surface area (Å²) >= 11 is 0. The van der Waals surface area contributed by atoms with Crippen molar-refractivity contribution in [3.8, 4) is 0 Å². The zero-order valence-electron chi connectivity index (χ0n) is 11.8. The molecule has 2 nitrogen and oxygen atoms in total. The van der Waals surface area contributed by atoms with Crippen LogP contribution in [0.2, 0.25) is 0 Å². The zero-order valence-corrected chi connectivity index (χ0v) is 11.8. The largest absolute Gasteiger partial charge is 0.314 e. The Balaban J connectivity index is 1.40. The lowest BCUT2D eigenvalue weighted by Crippen LogP contribution is -2.41. The average Bonchev–Trinajstić information content (AvgIpc) is 2.79. The van der Waals surface area contributed by atoms with E-state index in [1.165, 1.54) is 38.9 Å². The van der Waals surface area contributed by atoms with Crippen LogP contribution in [-0.4, -0.2) is 36.6 Å². The van der Waals surface area contributed by atoms with Gasteiger partial charge in [0.05, 0.1) is 0 Å². The maximum absolute atomic E-state index is 3.70. The van der Waals surface area contributed by atoms with Crippen molar-refractivity contribution >= 4 is 0 Å². The van der Waals surface area contributed by atoms with Gasteiger partial charge in [0.25, 0.3) is 0 Å². The molecule has 0 amide bonds. The van der Waals surface area contributed by atoms with Gasteiger partial charge in [-0.05, 0) is 81.8 Å². The predicted molar refractivity (Wildman–Crippen MR) is 74.5 cm³/mol. The topological polar surface area (TPSA) is 15.3 Å². The van der Waals surface area contributed by atoms with Crippen LogP contribution >= 0.6 is 0 Å². The Morgan fingerprint density at radius 2 is 1.83 bits per heavy atom. The summed E-state index contributed by atoms with van der Waals surface area (Å²) in [7, 11) is 0. The molecule has 3 aliphatic carbocycles. The lowest BCUT2D eigenvalue weighted by atomic mass is 10.0. The average molecular weight is 248 g/mol. The fraction of sp³-hybridized carbons (Fsp3) is 1.00. The molecule has 4 aliphatic rings. The van der Waals surface area contributed by atoms with Crippen LogP contribution in [0, 0.1) is 23.7 Å². The number of rotatable bonds is 2. The van der Waals surface area contributed by atoms with E-state index in [0.717, 1.165) is 35.8 Å². The van der Waals surface area contributed by atoms with Crippen LogP contribution in [0.4, 0.5) is 0 Å². The predicted octanol–water partition coefficient (Wildman–Crippen LogP) is 2.49. The van der Waals surface area contributed by atoms with Crippen LogP contribution < -0.4 is 5.32 Å². The molecule has 5 atom stereocenters. The lowest BCUT2D eigenvalue weighted by molar-refractivity contribution is 0.191. The van der Waals surface area contributed by atoms with Crippen molar-refractivity contribution in [3.63, 3.8) is 0 Å². The summed E-state index contributed by atoms with van der Waals surface area (Å²) in [6.45, 7) is 6.29. The molecule has 4 rings (SSSR count). The van der Waals surface area contributed by atoms with Gasteiger partial charge in [0.15, 0.2) is 0 Å². The van der Waals surface area contributed by atoms with Crippen LogP contribution in [0.3, 0.4) is 0 Å². The van der Waals surface area contributed by atoms with Gasteiger partial charge in [-0.2, -0.15) is 0 Å². The fourth-order valence-corrected chi connectivity index (χ4v) is 5.54. The molecule has 0 radical (unpaired) electrons. The molecule has 1 N–H and O–H groups in total. The molecule has 1 heterocycles. The van der Waals surface area contributed by atoms with Crippen molar-refractivity contribution in [1.82, 2.24) is 10.2 Å². The highest BCUT2D eigenvalue weighted by Gasteiger charge is 2.66. The van der Waals surface area contributed by atoms with Crippen molar-refractivity contribution in [2.45, 2.75) is 57.5 Å². The molecule has 0 aromatic rings. The first kappa shape index (κ1) is 11.7. The Hall–Kier alpha value is -0.0800. The molecule has 102 valence electrons. The Bertz CT molecular complexity index is 300. The van der Waals surface area contributed by atoms with E-state index in [1.54, 1.807) is 19.3 Å². The molecule has 1 saturated heterocycles.